The third kappa shape index (κ3) is 5.17. The summed E-state index contributed by atoms with van der Waals surface area (Å²) in [6.07, 6.45) is 3.41. The molecule has 0 saturated carbocycles. The number of thiazole rings is 1. The first kappa shape index (κ1) is 20.5. The summed E-state index contributed by atoms with van der Waals surface area (Å²) in [7, 11) is 1.56. The number of ether oxygens (including phenoxy) is 1. The summed E-state index contributed by atoms with van der Waals surface area (Å²) in [6.45, 7) is 3.75. The highest BCUT2D eigenvalue weighted by atomic mass is 32.1. The smallest absolute Gasteiger partial charge is 0.251 e. The third-order valence-electron chi connectivity index (χ3n) is 4.28. The molecule has 0 aliphatic heterocycles. The standard InChI is InChI=1S/C21H22N4O3S/c1-13(2)18(24-19(26)14-6-8-16(28-3)9-7-14)20(27)25-21-23-17(12-29-21)15-5-4-10-22-11-15/h4-13,18H,1-3H3,(H,24,26)(H,23,25,27). The van der Waals surface area contributed by atoms with E-state index < -0.39 is 6.04 Å². The van der Waals surface area contributed by atoms with Crippen LogP contribution in [0.15, 0.2) is 54.2 Å². The molecule has 2 N–H and O–H groups in total. The molecule has 3 rings (SSSR count). The van der Waals surface area contributed by atoms with E-state index in [0.29, 0.717) is 16.4 Å². The number of nitrogens with zero attached hydrogens (tertiary/aromatic N) is 2. The second-order valence-corrected chi connectivity index (χ2v) is 7.55. The van der Waals surface area contributed by atoms with E-state index in [9.17, 15) is 9.59 Å². The molecule has 0 radical (unpaired) electrons. The Kier molecular flexibility index (Phi) is 6.56. The summed E-state index contributed by atoms with van der Waals surface area (Å²) >= 11 is 1.32. The number of pyridine rings is 1. The zero-order chi connectivity index (χ0) is 20.8. The molecule has 2 amide bonds. The van der Waals surface area contributed by atoms with Gasteiger partial charge in [-0.3, -0.25) is 14.6 Å². The van der Waals surface area contributed by atoms with E-state index in [-0.39, 0.29) is 17.7 Å². The average molecular weight is 410 g/mol. The van der Waals surface area contributed by atoms with Crippen LogP contribution in [-0.2, 0) is 4.79 Å². The van der Waals surface area contributed by atoms with Crippen LogP contribution in [-0.4, -0.2) is 34.9 Å². The summed E-state index contributed by atoms with van der Waals surface area (Å²) in [5, 5.41) is 7.93. The molecule has 1 atom stereocenters. The van der Waals surface area contributed by atoms with Gasteiger partial charge in [-0.05, 0) is 42.3 Å². The highest BCUT2D eigenvalue weighted by molar-refractivity contribution is 7.14. The van der Waals surface area contributed by atoms with E-state index in [1.54, 1.807) is 43.8 Å². The summed E-state index contributed by atoms with van der Waals surface area (Å²) in [6, 6.07) is 9.75. The van der Waals surface area contributed by atoms with E-state index in [1.807, 2.05) is 31.4 Å². The van der Waals surface area contributed by atoms with Crippen LogP contribution in [0.25, 0.3) is 11.3 Å². The molecule has 150 valence electrons. The molecule has 1 aromatic carbocycles. The topological polar surface area (TPSA) is 93.2 Å². The Morgan fingerprint density at radius 3 is 2.52 bits per heavy atom. The maximum absolute atomic E-state index is 12.8. The van der Waals surface area contributed by atoms with Crippen LogP contribution in [0.4, 0.5) is 5.13 Å². The summed E-state index contributed by atoms with van der Waals surface area (Å²) in [4.78, 5) is 33.8. The van der Waals surface area contributed by atoms with Crippen LogP contribution in [0.3, 0.4) is 0 Å². The van der Waals surface area contributed by atoms with Gasteiger partial charge in [-0.1, -0.05) is 13.8 Å². The lowest BCUT2D eigenvalue weighted by atomic mass is 10.0. The maximum atomic E-state index is 12.8. The van der Waals surface area contributed by atoms with Crippen LogP contribution in [0.1, 0.15) is 24.2 Å². The molecule has 8 heteroatoms. The molecule has 0 bridgehead atoms. The minimum atomic E-state index is -0.699. The number of methoxy groups -OCH3 is 1. The van der Waals surface area contributed by atoms with E-state index in [0.717, 1.165) is 11.3 Å². The Balaban J connectivity index is 1.68. The van der Waals surface area contributed by atoms with Crippen LogP contribution in [0.5, 0.6) is 5.75 Å². The van der Waals surface area contributed by atoms with Crippen molar-refractivity contribution in [2.45, 2.75) is 19.9 Å². The van der Waals surface area contributed by atoms with Gasteiger partial charge in [-0.25, -0.2) is 4.98 Å². The molecule has 29 heavy (non-hydrogen) atoms. The number of hydrogen-bond donors (Lipinski definition) is 2. The molecular weight excluding hydrogens is 388 g/mol. The molecule has 0 aliphatic rings. The lowest BCUT2D eigenvalue weighted by Crippen LogP contribution is -2.47. The van der Waals surface area contributed by atoms with Crippen molar-refractivity contribution in [1.29, 1.82) is 0 Å². The largest absolute Gasteiger partial charge is 0.497 e. The molecule has 0 saturated heterocycles. The highest BCUT2D eigenvalue weighted by Gasteiger charge is 2.25. The Hall–Kier alpha value is -3.26. The predicted molar refractivity (Wildman–Crippen MR) is 113 cm³/mol. The number of amides is 2. The highest BCUT2D eigenvalue weighted by Crippen LogP contribution is 2.24. The van der Waals surface area contributed by atoms with Crippen LogP contribution in [0.2, 0.25) is 0 Å². The zero-order valence-corrected chi connectivity index (χ0v) is 17.2. The molecule has 0 aliphatic carbocycles. The van der Waals surface area contributed by atoms with Crippen molar-refractivity contribution in [2.75, 3.05) is 12.4 Å². The first-order valence-corrected chi connectivity index (χ1v) is 9.97. The molecule has 2 aromatic heterocycles. The van der Waals surface area contributed by atoms with Crippen LogP contribution in [0, 0.1) is 5.92 Å². The molecule has 3 aromatic rings. The molecule has 0 fully saturated rings. The molecule has 7 nitrogen and oxygen atoms in total. The van der Waals surface area contributed by atoms with E-state index in [4.69, 9.17) is 4.74 Å². The fraction of sp³-hybridized carbons (Fsp3) is 0.238. The predicted octanol–water partition coefficient (Wildman–Crippen LogP) is 3.61. The number of nitrogens with one attached hydrogen (secondary N) is 2. The fourth-order valence-electron chi connectivity index (χ4n) is 2.66. The van der Waals surface area contributed by atoms with Gasteiger partial charge in [0.1, 0.15) is 11.8 Å². The van der Waals surface area contributed by atoms with Crippen molar-refractivity contribution in [3.8, 4) is 17.0 Å². The lowest BCUT2D eigenvalue weighted by molar-refractivity contribution is -0.118. The van der Waals surface area contributed by atoms with E-state index >= 15 is 0 Å². The Morgan fingerprint density at radius 2 is 1.90 bits per heavy atom. The zero-order valence-electron chi connectivity index (χ0n) is 16.4. The summed E-state index contributed by atoms with van der Waals surface area (Å²) in [5.41, 5.74) is 2.07. The first-order chi connectivity index (χ1) is 14.0. The van der Waals surface area contributed by atoms with Crippen molar-refractivity contribution in [2.24, 2.45) is 5.92 Å². The number of anilines is 1. The van der Waals surface area contributed by atoms with Crippen molar-refractivity contribution < 1.29 is 14.3 Å². The van der Waals surface area contributed by atoms with Crippen molar-refractivity contribution >= 4 is 28.3 Å². The maximum Gasteiger partial charge on any atom is 0.251 e. The normalized spacial score (nSPS) is 11.7. The second-order valence-electron chi connectivity index (χ2n) is 6.69. The van der Waals surface area contributed by atoms with Gasteiger partial charge in [-0.2, -0.15) is 0 Å². The van der Waals surface area contributed by atoms with Gasteiger partial charge < -0.3 is 15.4 Å². The van der Waals surface area contributed by atoms with Crippen molar-refractivity contribution in [3.05, 3.63) is 59.7 Å². The van der Waals surface area contributed by atoms with Gasteiger partial charge in [0, 0.05) is 28.9 Å². The fourth-order valence-corrected chi connectivity index (χ4v) is 3.39. The molecule has 1 unspecified atom stereocenters. The quantitative estimate of drug-likeness (QED) is 0.621. The lowest BCUT2D eigenvalue weighted by Gasteiger charge is -2.21. The van der Waals surface area contributed by atoms with Crippen molar-refractivity contribution in [3.63, 3.8) is 0 Å². The van der Waals surface area contributed by atoms with Gasteiger partial charge >= 0.3 is 0 Å². The Labute approximate surface area is 173 Å². The summed E-state index contributed by atoms with van der Waals surface area (Å²) < 4.78 is 5.10. The molecule has 0 spiro atoms. The second kappa shape index (κ2) is 9.29. The number of carbonyl (C=O) groups is 2. The number of aromatic nitrogens is 2. The third-order valence-corrected chi connectivity index (χ3v) is 5.04. The van der Waals surface area contributed by atoms with Gasteiger partial charge in [0.25, 0.3) is 5.91 Å². The number of benzene rings is 1. The van der Waals surface area contributed by atoms with Gasteiger partial charge in [0.2, 0.25) is 5.91 Å². The minimum Gasteiger partial charge on any atom is -0.497 e. The first-order valence-electron chi connectivity index (χ1n) is 9.09. The Morgan fingerprint density at radius 1 is 1.14 bits per heavy atom. The van der Waals surface area contributed by atoms with E-state index in [1.165, 1.54) is 11.3 Å². The number of carbonyl (C=O) groups excluding carboxylic acids is 2. The monoisotopic (exact) mass is 410 g/mol. The van der Waals surface area contributed by atoms with Gasteiger partial charge in [-0.15, -0.1) is 11.3 Å². The number of hydrogen-bond acceptors (Lipinski definition) is 6. The minimum absolute atomic E-state index is 0.102. The van der Waals surface area contributed by atoms with Gasteiger partial charge in [0.05, 0.1) is 12.8 Å². The van der Waals surface area contributed by atoms with Crippen molar-refractivity contribution in [1.82, 2.24) is 15.3 Å². The molecular formula is C21H22N4O3S. The van der Waals surface area contributed by atoms with Crippen LogP contribution < -0.4 is 15.4 Å². The summed E-state index contributed by atoms with van der Waals surface area (Å²) in [5.74, 6) is -0.0755. The van der Waals surface area contributed by atoms with Crippen LogP contribution >= 0.6 is 11.3 Å². The van der Waals surface area contributed by atoms with Gasteiger partial charge in [0.15, 0.2) is 5.13 Å². The Bertz CT molecular complexity index is 971. The van der Waals surface area contributed by atoms with E-state index in [2.05, 4.69) is 20.6 Å². The molecule has 2 heterocycles. The average Bonchev–Trinajstić information content (AvgIpc) is 3.20. The SMILES string of the molecule is COc1ccc(C(=O)NC(C(=O)Nc2nc(-c3cccnc3)cs2)C(C)C)cc1. The number of rotatable bonds is 7.